The summed E-state index contributed by atoms with van der Waals surface area (Å²) in [6, 6.07) is 5.34. The third-order valence-corrected chi connectivity index (χ3v) is 3.47. The molecule has 1 amide bonds. The number of aromatic nitrogens is 1. The van der Waals surface area contributed by atoms with Gasteiger partial charge < -0.3 is 9.88 Å². The van der Waals surface area contributed by atoms with E-state index in [1.54, 1.807) is 30.2 Å². The Kier molecular flexibility index (Phi) is 3.62. The maximum atomic E-state index is 12.1. The average molecular weight is 262 g/mol. The molecule has 0 bridgehead atoms. The number of thiophene rings is 1. The van der Waals surface area contributed by atoms with Crippen molar-refractivity contribution in [2.24, 2.45) is 0 Å². The molecule has 2 rings (SSSR count). The van der Waals surface area contributed by atoms with Gasteiger partial charge >= 0.3 is 0 Å². The quantitative estimate of drug-likeness (QED) is 0.920. The monoisotopic (exact) mass is 262 g/mol. The van der Waals surface area contributed by atoms with E-state index in [0.717, 1.165) is 10.6 Å². The predicted molar refractivity (Wildman–Crippen MR) is 71.9 cm³/mol. The van der Waals surface area contributed by atoms with Crippen LogP contribution in [0.3, 0.4) is 0 Å². The van der Waals surface area contributed by atoms with Gasteiger partial charge in [0.1, 0.15) is 5.56 Å². The molecule has 0 aliphatic heterocycles. The van der Waals surface area contributed by atoms with Crippen molar-refractivity contribution in [3.05, 3.63) is 56.1 Å². The summed E-state index contributed by atoms with van der Waals surface area (Å²) < 4.78 is 0. The van der Waals surface area contributed by atoms with Crippen LogP contribution in [0.4, 0.5) is 0 Å². The van der Waals surface area contributed by atoms with Gasteiger partial charge in [0, 0.05) is 29.9 Å². The SMILES string of the molecule is Cc1cc(=O)c(C(=O)N(C)Cc2cccs2)c[nH]1. The van der Waals surface area contributed by atoms with Gasteiger partial charge in [-0.2, -0.15) is 0 Å². The van der Waals surface area contributed by atoms with E-state index < -0.39 is 0 Å². The summed E-state index contributed by atoms with van der Waals surface area (Å²) in [4.78, 5) is 29.4. The third-order valence-electron chi connectivity index (χ3n) is 2.61. The van der Waals surface area contributed by atoms with Crippen molar-refractivity contribution in [2.75, 3.05) is 7.05 Å². The number of amides is 1. The molecular formula is C13H14N2O2S. The van der Waals surface area contributed by atoms with Crippen LogP contribution in [-0.4, -0.2) is 22.8 Å². The highest BCUT2D eigenvalue weighted by Crippen LogP contribution is 2.11. The van der Waals surface area contributed by atoms with Crippen LogP contribution in [0.2, 0.25) is 0 Å². The number of hydrogen-bond donors (Lipinski definition) is 1. The van der Waals surface area contributed by atoms with Crippen molar-refractivity contribution < 1.29 is 4.79 Å². The van der Waals surface area contributed by atoms with Gasteiger partial charge in [0.05, 0.1) is 6.54 Å². The molecule has 2 aromatic rings. The summed E-state index contributed by atoms with van der Waals surface area (Å²) in [6.07, 6.45) is 1.48. The number of aromatic amines is 1. The number of pyridine rings is 1. The lowest BCUT2D eigenvalue weighted by Gasteiger charge is -2.15. The predicted octanol–water partition coefficient (Wildman–Crippen LogP) is 2.02. The molecular weight excluding hydrogens is 248 g/mol. The van der Waals surface area contributed by atoms with Crippen LogP contribution in [0.15, 0.2) is 34.6 Å². The standard InChI is InChI=1S/C13H14N2O2S/c1-9-6-12(16)11(7-14-9)13(17)15(2)8-10-4-3-5-18-10/h3-7H,8H2,1-2H3,(H,14,16). The fourth-order valence-electron chi connectivity index (χ4n) is 1.65. The highest BCUT2D eigenvalue weighted by atomic mass is 32.1. The molecule has 2 heterocycles. The number of nitrogens with zero attached hydrogens (tertiary/aromatic N) is 1. The first-order valence-corrected chi connectivity index (χ1v) is 6.43. The Morgan fingerprint density at radius 3 is 2.89 bits per heavy atom. The van der Waals surface area contributed by atoms with Gasteiger partial charge in [-0.1, -0.05) is 6.07 Å². The molecule has 2 aromatic heterocycles. The minimum absolute atomic E-state index is 0.180. The summed E-state index contributed by atoms with van der Waals surface area (Å²) in [5.41, 5.74) is 0.686. The van der Waals surface area contributed by atoms with Gasteiger partial charge in [0.15, 0.2) is 5.43 Å². The molecule has 0 radical (unpaired) electrons. The highest BCUT2D eigenvalue weighted by Gasteiger charge is 2.15. The van der Waals surface area contributed by atoms with Gasteiger partial charge in [-0.15, -0.1) is 11.3 Å². The van der Waals surface area contributed by atoms with Crippen molar-refractivity contribution in [3.63, 3.8) is 0 Å². The summed E-state index contributed by atoms with van der Waals surface area (Å²) in [5.74, 6) is -0.260. The number of carbonyl (C=O) groups excluding carboxylic acids is 1. The minimum atomic E-state index is -0.260. The second kappa shape index (κ2) is 5.18. The number of aryl methyl sites for hydroxylation is 1. The van der Waals surface area contributed by atoms with Gasteiger partial charge in [-0.05, 0) is 18.4 Å². The smallest absolute Gasteiger partial charge is 0.259 e. The van der Waals surface area contributed by atoms with Gasteiger partial charge in [-0.25, -0.2) is 0 Å². The minimum Gasteiger partial charge on any atom is -0.364 e. The first-order valence-electron chi connectivity index (χ1n) is 5.55. The zero-order chi connectivity index (χ0) is 13.1. The number of H-pyrrole nitrogens is 1. The van der Waals surface area contributed by atoms with Crippen molar-refractivity contribution in [1.82, 2.24) is 9.88 Å². The number of rotatable bonds is 3. The van der Waals surface area contributed by atoms with Crippen LogP contribution in [-0.2, 0) is 6.54 Å². The van der Waals surface area contributed by atoms with Gasteiger partial charge in [0.2, 0.25) is 0 Å². The van der Waals surface area contributed by atoms with E-state index in [1.807, 2.05) is 17.5 Å². The molecule has 1 N–H and O–H groups in total. The molecule has 4 nitrogen and oxygen atoms in total. The van der Waals surface area contributed by atoms with Crippen LogP contribution < -0.4 is 5.43 Å². The fourth-order valence-corrected chi connectivity index (χ4v) is 2.41. The maximum absolute atomic E-state index is 12.1. The first-order chi connectivity index (χ1) is 8.58. The van der Waals surface area contributed by atoms with E-state index >= 15 is 0 Å². The molecule has 0 saturated heterocycles. The zero-order valence-corrected chi connectivity index (χ0v) is 11.1. The molecule has 18 heavy (non-hydrogen) atoms. The summed E-state index contributed by atoms with van der Waals surface area (Å²) in [5, 5.41) is 1.96. The average Bonchev–Trinajstić information content (AvgIpc) is 2.81. The van der Waals surface area contributed by atoms with Crippen LogP contribution in [0.25, 0.3) is 0 Å². The zero-order valence-electron chi connectivity index (χ0n) is 10.3. The lowest BCUT2D eigenvalue weighted by molar-refractivity contribution is 0.0785. The Bertz CT molecular complexity index is 602. The highest BCUT2D eigenvalue weighted by molar-refractivity contribution is 7.09. The fraction of sp³-hybridized carbons (Fsp3) is 0.231. The molecule has 0 aliphatic rings. The topological polar surface area (TPSA) is 53.2 Å². The van der Waals surface area contributed by atoms with Crippen molar-refractivity contribution in [3.8, 4) is 0 Å². The van der Waals surface area contributed by atoms with Crippen LogP contribution in [0.5, 0.6) is 0 Å². The molecule has 0 unspecified atom stereocenters. The normalized spacial score (nSPS) is 10.3. The molecule has 0 spiro atoms. The molecule has 0 aliphatic carbocycles. The second-order valence-electron chi connectivity index (χ2n) is 4.13. The van der Waals surface area contributed by atoms with E-state index in [0.29, 0.717) is 6.54 Å². The van der Waals surface area contributed by atoms with E-state index in [4.69, 9.17) is 0 Å². The summed E-state index contributed by atoms with van der Waals surface area (Å²) in [7, 11) is 1.70. The second-order valence-corrected chi connectivity index (χ2v) is 5.17. The van der Waals surface area contributed by atoms with Crippen molar-refractivity contribution in [1.29, 1.82) is 0 Å². The lowest BCUT2D eigenvalue weighted by atomic mass is 10.2. The van der Waals surface area contributed by atoms with E-state index in [9.17, 15) is 9.59 Å². The van der Waals surface area contributed by atoms with E-state index in [-0.39, 0.29) is 16.9 Å². The summed E-state index contributed by atoms with van der Waals surface area (Å²) >= 11 is 1.59. The Morgan fingerprint density at radius 1 is 1.50 bits per heavy atom. The molecule has 0 saturated carbocycles. The largest absolute Gasteiger partial charge is 0.364 e. The Morgan fingerprint density at radius 2 is 2.28 bits per heavy atom. The molecule has 5 heteroatoms. The first kappa shape index (κ1) is 12.6. The summed E-state index contributed by atoms with van der Waals surface area (Å²) in [6.45, 7) is 2.30. The Hall–Kier alpha value is -1.88. The number of nitrogens with one attached hydrogen (secondary N) is 1. The van der Waals surface area contributed by atoms with E-state index in [2.05, 4.69) is 4.98 Å². The molecule has 94 valence electrons. The van der Waals surface area contributed by atoms with Crippen molar-refractivity contribution >= 4 is 17.2 Å². The Labute approximate surface area is 109 Å². The molecule has 0 fully saturated rings. The van der Waals surface area contributed by atoms with Crippen LogP contribution in [0, 0.1) is 6.92 Å². The molecule has 0 atom stereocenters. The van der Waals surface area contributed by atoms with E-state index in [1.165, 1.54) is 12.3 Å². The third kappa shape index (κ3) is 2.68. The lowest BCUT2D eigenvalue weighted by Crippen LogP contribution is -2.30. The van der Waals surface area contributed by atoms with Crippen LogP contribution in [0.1, 0.15) is 20.9 Å². The maximum Gasteiger partial charge on any atom is 0.259 e. The van der Waals surface area contributed by atoms with Gasteiger partial charge in [-0.3, -0.25) is 9.59 Å². The number of carbonyl (C=O) groups is 1. The van der Waals surface area contributed by atoms with Crippen molar-refractivity contribution in [2.45, 2.75) is 13.5 Å². The van der Waals surface area contributed by atoms with Crippen LogP contribution >= 0.6 is 11.3 Å². The molecule has 0 aromatic carbocycles. The Balaban J connectivity index is 2.18. The number of hydrogen-bond acceptors (Lipinski definition) is 3. The van der Waals surface area contributed by atoms with Gasteiger partial charge in [0.25, 0.3) is 5.91 Å².